The van der Waals surface area contributed by atoms with Crippen LogP contribution in [0.1, 0.15) is 31.0 Å². The maximum absolute atomic E-state index is 14.6. The number of nitrogens with one attached hydrogen (secondary N) is 1. The average Bonchev–Trinajstić information content (AvgIpc) is 3.53. The van der Waals surface area contributed by atoms with Gasteiger partial charge in [-0.1, -0.05) is 55.3 Å². The summed E-state index contributed by atoms with van der Waals surface area (Å²) in [5, 5.41) is 14.3. The molecule has 2 aromatic carbocycles. The quantitative estimate of drug-likeness (QED) is 0.319. The Kier molecular flexibility index (Phi) is 6.73. The summed E-state index contributed by atoms with van der Waals surface area (Å²) in [7, 11) is 0. The molecule has 0 aliphatic carbocycles. The number of aryl methyl sites for hydroxylation is 1. The number of H-pyrrole nitrogens is 1. The number of imidazole rings is 1. The van der Waals surface area contributed by atoms with Crippen molar-refractivity contribution in [3.8, 4) is 28.2 Å². The summed E-state index contributed by atoms with van der Waals surface area (Å²) in [5.41, 5.74) is 4.19. The van der Waals surface area contributed by atoms with Crippen LogP contribution in [0.2, 0.25) is 5.02 Å². The fourth-order valence-electron chi connectivity index (χ4n) is 4.21. The van der Waals surface area contributed by atoms with E-state index in [4.69, 9.17) is 11.6 Å². The minimum absolute atomic E-state index is 0.0723. The number of para-hydroxylation sites is 1. The van der Waals surface area contributed by atoms with Gasteiger partial charge in [0.15, 0.2) is 5.82 Å². The zero-order valence-corrected chi connectivity index (χ0v) is 20.3. The molecule has 0 saturated heterocycles. The lowest BCUT2D eigenvalue weighted by atomic mass is 10.00. The molecular formula is C26H23ClFN7O. The van der Waals surface area contributed by atoms with Crippen LogP contribution in [0.3, 0.4) is 0 Å². The van der Waals surface area contributed by atoms with Gasteiger partial charge in [-0.05, 0) is 58.2 Å². The van der Waals surface area contributed by atoms with E-state index in [9.17, 15) is 9.18 Å². The van der Waals surface area contributed by atoms with E-state index < -0.39 is 5.82 Å². The molecule has 0 amide bonds. The lowest BCUT2D eigenvalue weighted by Gasteiger charge is -2.10. The second kappa shape index (κ2) is 10.2. The van der Waals surface area contributed by atoms with Crippen LogP contribution in [0.15, 0.2) is 71.9 Å². The Morgan fingerprint density at radius 2 is 1.92 bits per heavy atom. The summed E-state index contributed by atoms with van der Waals surface area (Å²) in [5.74, 6) is -0.00861. The van der Waals surface area contributed by atoms with E-state index in [2.05, 4.69) is 32.5 Å². The van der Waals surface area contributed by atoms with E-state index in [1.165, 1.54) is 16.7 Å². The third kappa shape index (κ3) is 4.57. The van der Waals surface area contributed by atoms with Gasteiger partial charge < -0.3 is 0 Å². The molecule has 0 radical (unpaired) electrons. The van der Waals surface area contributed by atoms with Gasteiger partial charge in [0.05, 0.1) is 11.6 Å². The van der Waals surface area contributed by atoms with Crippen LogP contribution in [0, 0.1) is 5.82 Å². The molecule has 0 bridgehead atoms. The minimum Gasteiger partial charge on any atom is -0.292 e. The monoisotopic (exact) mass is 503 g/mol. The van der Waals surface area contributed by atoms with Crippen LogP contribution in [0.25, 0.3) is 28.2 Å². The molecule has 0 fully saturated rings. The highest BCUT2D eigenvalue weighted by molar-refractivity contribution is 6.32. The molecule has 0 atom stereocenters. The SMILES string of the molecule is CCCCc1cn(-c2c(F)cccc2Cl)c(=O)n1Cc1ccc(-c2ccncc2-c2nnn[nH]2)cc1. The number of aromatic nitrogens is 7. The first-order chi connectivity index (χ1) is 17.6. The van der Waals surface area contributed by atoms with E-state index in [1.807, 2.05) is 30.3 Å². The molecule has 3 heterocycles. The van der Waals surface area contributed by atoms with Crippen molar-refractivity contribution >= 4 is 11.6 Å². The molecule has 182 valence electrons. The topological polar surface area (TPSA) is 94.3 Å². The predicted molar refractivity (Wildman–Crippen MR) is 136 cm³/mol. The molecule has 0 aliphatic heterocycles. The van der Waals surface area contributed by atoms with Crippen molar-refractivity contribution in [1.29, 1.82) is 0 Å². The molecule has 1 N–H and O–H groups in total. The Morgan fingerprint density at radius 1 is 1.08 bits per heavy atom. The number of halogens is 2. The number of pyridine rings is 1. The maximum atomic E-state index is 14.6. The first-order valence-electron chi connectivity index (χ1n) is 11.6. The molecule has 5 rings (SSSR count). The van der Waals surface area contributed by atoms with Crippen molar-refractivity contribution in [3.63, 3.8) is 0 Å². The number of rotatable bonds is 8. The van der Waals surface area contributed by atoms with Crippen molar-refractivity contribution in [3.05, 3.63) is 99.7 Å². The fourth-order valence-corrected chi connectivity index (χ4v) is 4.47. The number of hydrogen-bond donors (Lipinski definition) is 1. The van der Waals surface area contributed by atoms with Crippen molar-refractivity contribution < 1.29 is 4.39 Å². The zero-order chi connectivity index (χ0) is 25.1. The number of tetrazole rings is 1. The van der Waals surface area contributed by atoms with Gasteiger partial charge in [-0.15, -0.1) is 5.10 Å². The van der Waals surface area contributed by atoms with Crippen molar-refractivity contribution in [1.82, 2.24) is 34.7 Å². The van der Waals surface area contributed by atoms with Crippen LogP contribution < -0.4 is 5.69 Å². The largest absolute Gasteiger partial charge is 0.333 e. The molecule has 8 nitrogen and oxygen atoms in total. The lowest BCUT2D eigenvalue weighted by Crippen LogP contribution is -2.25. The highest BCUT2D eigenvalue weighted by Crippen LogP contribution is 2.29. The molecule has 10 heteroatoms. The van der Waals surface area contributed by atoms with Gasteiger partial charge in [0.25, 0.3) is 0 Å². The van der Waals surface area contributed by atoms with Gasteiger partial charge in [-0.3, -0.25) is 14.1 Å². The van der Waals surface area contributed by atoms with Gasteiger partial charge in [0.1, 0.15) is 11.5 Å². The fraction of sp³-hybridized carbons (Fsp3) is 0.192. The molecule has 36 heavy (non-hydrogen) atoms. The lowest BCUT2D eigenvalue weighted by molar-refractivity contribution is 0.613. The second-order valence-corrected chi connectivity index (χ2v) is 8.81. The number of aromatic amines is 1. The van der Waals surface area contributed by atoms with E-state index in [1.54, 1.807) is 29.2 Å². The molecule has 0 aliphatic rings. The van der Waals surface area contributed by atoms with Crippen LogP contribution in [0.5, 0.6) is 0 Å². The van der Waals surface area contributed by atoms with Gasteiger partial charge in [0.2, 0.25) is 0 Å². The van der Waals surface area contributed by atoms with Crippen LogP contribution in [0.4, 0.5) is 4.39 Å². The summed E-state index contributed by atoms with van der Waals surface area (Å²) in [4.78, 5) is 17.6. The highest BCUT2D eigenvalue weighted by Gasteiger charge is 2.18. The van der Waals surface area contributed by atoms with E-state index in [0.29, 0.717) is 18.8 Å². The second-order valence-electron chi connectivity index (χ2n) is 8.40. The normalized spacial score (nSPS) is 11.2. The Hall–Kier alpha value is -4.11. The average molecular weight is 504 g/mol. The first-order valence-corrected chi connectivity index (χ1v) is 12.0. The molecule has 0 spiro atoms. The molecule has 0 unspecified atom stereocenters. The number of benzene rings is 2. The molecule has 3 aromatic heterocycles. The van der Waals surface area contributed by atoms with Gasteiger partial charge >= 0.3 is 5.69 Å². The Labute approximate surface area is 211 Å². The summed E-state index contributed by atoms with van der Waals surface area (Å²) in [6.07, 6.45) is 7.71. The van der Waals surface area contributed by atoms with E-state index in [0.717, 1.165) is 40.8 Å². The smallest absolute Gasteiger partial charge is 0.292 e. The van der Waals surface area contributed by atoms with Gasteiger partial charge in [-0.2, -0.15) is 0 Å². The summed E-state index contributed by atoms with van der Waals surface area (Å²) in [6, 6.07) is 14.2. The third-order valence-corrected chi connectivity index (χ3v) is 6.36. The van der Waals surface area contributed by atoms with E-state index in [-0.39, 0.29) is 16.4 Å². The Bertz CT molecular complexity index is 1520. The van der Waals surface area contributed by atoms with Gasteiger partial charge in [0, 0.05) is 29.8 Å². The minimum atomic E-state index is -0.539. The molecular weight excluding hydrogens is 481 g/mol. The summed E-state index contributed by atoms with van der Waals surface area (Å²) < 4.78 is 17.6. The van der Waals surface area contributed by atoms with Crippen LogP contribution in [-0.4, -0.2) is 34.7 Å². The maximum Gasteiger partial charge on any atom is 0.333 e. The van der Waals surface area contributed by atoms with Gasteiger partial charge in [-0.25, -0.2) is 14.3 Å². The van der Waals surface area contributed by atoms with Crippen LogP contribution in [-0.2, 0) is 13.0 Å². The van der Waals surface area contributed by atoms with Crippen molar-refractivity contribution in [2.24, 2.45) is 0 Å². The number of hydrogen-bond acceptors (Lipinski definition) is 5. The predicted octanol–water partition coefficient (Wildman–Crippen LogP) is 5.06. The Balaban J connectivity index is 1.49. The summed E-state index contributed by atoms with van der Waals surface area (Å²) in [6.45, 7) is 2.45. The highest BCUT2D eigenvalue weighted by atomic mass is 35.5. The zero-order valence-electron chi connectivity index (χ0n) is 19.5. The van der Waals surface area contributed by atoms with Crippen molar-refractivity contribution in [2.45, 2.75) is 32.7 Å². The molecule has 0 saturated carbocycles. The Morgan fingerprint density at radius 3 is 2.64 bits per heavy atom. The first kappa shape index (κ1) is 23.6. The third-order valence-electron chi connectivity index (χ3n) is 6.05. The summed E-state index contributed by atoms with van der Waals surface area (Å²) >= 11 is 6.26. The number of unbranched alkanes of at least 4 members (excludes halogenated alkanes) is 1. The molecule has 5 aromatic rings. The van der Waals surface area contributed by atoms with E-state index >= 15 is 0 Å². The number of nitrogens with zero attached hydrogens (tertiary/aromatic N) is 6. The standard InChI is InChI=1S/C26H23ClFN7O/c1-2-3-5-19-16-35(24-22(27)6-4-7-23(24)28)26(36)34(19)15-17-8-10-18(11-9-17)20-12-13-29-14-21(20)25-30-32-33-31-25/h4,6-14,16H,2-3,5,15H2,1H3,(H,30,31,32,33). The van der Waals surface area contributed by atoms with Crippen molar-refractivity contribution in [2.75, 3.05) is 0 Å². The van der Waals surface area contributed by atoms with Crippen LogP contribution >= 0.6 is 11.6 Å².